The number of ether oxygens (including phenoxy) is 1. The molecular weight excluding hydrogens is 310 g/mol. The van der Waals surface area contributed by atoms with Crippen LogP contribution >= 0.6 is 0 Å². The van der Waals surface area contributed by atoms with Crippen LogP contribution in [0.15, 0.2) is 24.3 Å². The Hall–Kier alpha value is -2.41. The van der Waals surface area contributed by atoms with E-state index in [-0.39, 0.29) is 30.2 Å². The summed E-state index contributed by atoms with van der Waals surface area (Å²) in [5.74, 6) is -0.502. The van der Waals surface area contributed by atoms with Gasteiger partial charge in [-0.15, -0.1) is 0 Å². The maximum atomic E-state index is 12.3. The lowest BCUT2D eigenvalue weighted by molar-refractivity contribution is -0.158. The highest BCUT2D eigenvalue weighted by molar-refractivity contribution is 5.95. The van der Waals surface area contributed by atoms with Crippen molar-refractivity contribution in [1.29, 1.82) is 0 Å². The highest BCUT2D eigenvalue weighted by Crippen LogP contribution is 2.25. The van der Waals surface area contributed by atoms with Gasteiger partial charge >= 0.3 is 0 Å². The van der Waals surface area contributed by atoms with Crippen molar-refractivity contribution in [3.63, 3.8) is 0 Å². The van der Waals surface area contributed by atoms with Gasteiger partial charge in [-0.2, -0.15) is 0 Å². The smallest absolute Gasteiger partial charge is 0.252 e. The first-order valence-electron chi connectivity index (χ1n) is 8.12. The minimum absolute atomic E-state index is 0.00943. The molecule has 0 bridgehead atoms. The summed E-state index contributed by atoms with van der Waals surface area (Å²) >= 11 is 0. The fraction of sp³-hybridized carbons (Fsp3) is 0.471. The number of fused-ring (bicyclic) bond motifs is 1. The van der Waals surface area contributed by atoms with Crippen LogP contribution in [-0.2, 0) is 19.1 Å². The zero-order valence-corrected chi connectivity index (χ0v) is 13.6. The van der Waals surface area contributed by atoms with E-state index >= 15 is 0 Å². The van der Waals surface area contributed by atoms with Crippen LogP contribution in [0.4, 0.5) is 11.4 Å². The summed E-state index contributed by atoms with van der Waals surface area (Å²) < 4.78 is 5.58. The fourth-order valence-corrected chi connectivity index (χ4v) is 3.15. The summed E-state index contributed by atoms with van der Waals surface area (Å²) in [6.45, 7) is 2.70. The maximum Gasteiger partial charge on any atom is 0.252 e. The number of rotatable bonds is 4. The fourth-order valence-electron chi connectivity index (χ4n) is 3.15. The molecular formula is C17H21N3O4. The van der Waals surface area contributed by atoms with E-state index in [0.717, 1.165) is 19.4 Å². The second-order valence-electron chi connectivity index (χ2n) is 6.16. The van der Waals surface area contributed by atoms with Gasteiger partial charge in [-0.05, 0) is 37.1 Å². The molecule has 3 amide bonds. The summed E-state index contributed by atoms with van der Waals surface area (Å²) in [7, 11) is 0. The Morgan fingerprint density at radius 3 is 2.54 bits per heavy atom. The van der Waals surface area contributed by atoms with Crippen LogP contribution in [0, 0.1) is 0 Å². The average molecular weight is 331 g/mol. The Morgan fingerprint density at radius 1 is 1.21 bits per heavy atom. The lowest BCUT2D eigenvalue weighted by atomic mass is 10.1. The molecule has 24 heavy (non-hydrogen) atoms. The van der Waals surface area contributed by atoms with Crippen molar-refractivity contribution in [3.05, 3.63) is 24.3 Å². The minimum Gasteiger partial charge on any atom is -0.366 e. The third kappa shape index (κ3) is 3.73. The number of hydrogen-bond donors (Lipinski definition) is 2. The third-order valence-corrected chi connectivity index (χ3v) is 4.29. The third-order valence-electron chi connectivity index (χ3n) is 4.29. The second-order valence-corrected chi connectivity index (χ2v) is 6.16. The van der Waals surface area contributed by atoms with Gasteiger partial charge < -0.3 is 20.3 Å². The molecule has 2 heterocycles. The number of carbonyl (C=O) groups is 3. The van der Waals surface area contributed by atoms with E-state index in [2.05, 4.69) is 10.6 Å². The molecule has 128 valence electrons. The Balaban J connectivity index is 1.53. The van der Waals surface area contributed by atoms with E-state index < -0.39 is 6.10 Å². The topological polar surface area (TPSA) is 87.7 Å². The molecule has 1 aromatic carbocycles. The summed E-state index contributed by atoms with van der Waals surface area (Å²) in [4.78, 5) is 37.3. The predicted octanol–water partition coefficient (Wildman–Crippen LogP) is 1.36. The molecule has 2 aliphatic heterocycles. The number of carbonyl (C=O) groups excluding carboxylic acids is 3. The van der Waals surface area contributed by atoms with E-state index in [4.69, 9.17) is 4.74 Å². The SMILES string of the molecule is CC(=O)Nc1ccc(NC(=O)C[C@H]2OC[C@H]3CCCN3C2=O)cc1. The van der Waals surface area contributed by atoms with Crippen molar-refractivity contribution in [2.45, 2.75) is 38.3 Å². The normalized spacial score (nSPS) is 22.9. The molecule has 2 fully saturated rings. The van der Waals surface area contributed by atoms with Crippen LogP contribution in [-0.4, -0.2) is 47.9 Å². The number of benzene rings is 1. The minimum atomic E-state index is -0.696. The van der Waals surface area contributed by atoms with Gasteiger partial charge in [0.1, 0.15) is 6.10 Å². The Morgan fingerprint density at radius 2 is 1.88 bits per heavy atom. The van der Waals surface area contributed by atoms with Crippen molar-refractivity contribution < 1.29 is 19.1 Å². The number of nitrogens with one attached hydrogen (secondary N) is 2. The van der Waals surface area contributed by atoms with Crippen molar-refractivity contribution >= 4 is 29.1 Å². The van der Waals surface area contributed by atoms with Crippen molar-refractivity contribution in [2.75, 3.05) is 23.8 Å². The van der Waals surface area contributed by atoms with Crippen molar-refractivity contribution in [2.24, 2.45) is 0 Å². The lowest BCUT2D eigenvalue weighted by Crippen LogP contribution is -2.51. The van der Waals surface area contributed by atoms with Gasteiger partial charge in [0, 0.05) is 24.8 Å². The van der Waals surface area contributed by atoms with Crippen LogP contribution in [0.5, 0.6) is 0 Å². The Labute approximate surface area is 140 Å². The molecule has 7 heteroatoms. The zero-order valence-electron chi connectivity index (χ0n) is 13.6. The van der Waals surface area contributed by atoms with E-state index in [1.807, 2.05) is 4.90 Å². The second kappa shape index (κ2) is 7.00. The summed E-state index contributed by atoms with van der Waals surface area (Å²) in [5.41, 5.74) is 1.27. The lowest BCUT2D eigenvalue weighted by Gasteiger charge is -2.34. The molecule has 2 N–H and O–H groups in total. The van der Waals surface area contributed by atoms with Crippen LogP contribution < -0.4 is 10.6 Å². The van der Waals surface area contributed by atoms with Crippen LogP contribution in [0.25, 0.3) is 0 Å². The van der Waals surface area contributed by atoms with Gasteiger partial charge in [0.15, 0.2) is 0 Å². The van der Waals surface area contributed by atoms with E-state index in [1.54, 1.807) is 24.3 Å². The molecule has 0 aromatic heterocycles. The number of morpholine rings is 1. The first-order chi connectivity index (χ1) is 11.5. The first-order valence-corrected chi connectivity index (χ1v) is 8.12. The molecule has 2 aliphatic rings. The van der Waals surface area contributed by atoms with Gasteiger partial charge in [0.05, 0.1) is 19.1 Å². The highest BCUT2D eigenvalue weighted by Gasteiger charge is 2.39. The molecule has 2 atom stereocenters. The van der Waals surface area contributed by atoms with Crippen molar-refractivity contribution in [3.8, 4) is 0 Å². The number of amides is 3. The maximum absolute atomic E-state index is 12.3. The molecule has 0 aliphatic carbocycles. The van der Waals surface area contributed by atoms with Gasteiger partial charge in [-0.3, -0.25) is 14.4 Å². The molecule has 7 nitrogen and oxygen atoms in total. The summed E-state index contributed by atoms with van der Waals surface area (Å²) in [6.07, 6.45) is 1.29. The summed E-state index contributed by atoms with van der Waals surface area (Å²) in [6, 6.07) is 6.98. The first kappa shape index (κ1) is 16.4. The quantitative estimate of drug-likeness (QED) is 0.872. The van der Waals surface area contributed by atoms with Gasteiger partial charge in [0.2, 0.25) is 11.8 Å². The average Bonchev–Trinajstić information content (AvgIpc) is 3.01. The number of hydrogen-bond acceptors (Lipinski definition) is 4. The predicted molar refractivity (Wildman–Crippen MR) is 88.5 cm³/mol. The Bertz CT molecular complexity index is 644. The molecule has 3 rings (SSSR count). The van der Waals surface area contributed by atoms with E-state index in [0.29, 0.717) is 18.0 Å². The number of anilines is 2. The highest BCUT2D eigenvalue weighted by atomic mass is 16.5. The van der Waals surface area contributed by atoms with E-state index in [1.165, 1.54) is 6.92 Å². The van der Waals surface area contributed by atoms with Crippen LogP contribution in [0.1, 0.15) is 26.2 Å². The number of nitrogens with zero attached hydrogens (tertiary/aromatic N) is 1. The molecule has 0 unspecified atom stereocenters. The zero-order chi connectivity index (χ0) is 17.1. The van der Waals surface area contributed by atoms with Gasteiger partial charge in [-0.1, -0.05) is 0 Å². The van der Waals surface area contributed by atoms with Gasteiger partial charge in [-0.25, -0.2) is 0 Å². The molecule has 0 spiro atoms. The molecule has 0 saturated carbocycles. The standard InChI is InChI=1S/C17H21N3O4/c1-11(21)18-12-4-6-13(7-5-12)19-16(22)9-15-17(23)20-8-2-3-14(20)10-24-15/h4-7,14-15H,2-3,8-10H2,1H3,(H,18,21)(H,19,22)/t14-,15-/m1/s1. The molecule has 2 saturated heterocycles. The Kier molecular flexibility index (Phi) is 4.80. The summed E-state index contributed by atoms with van der Waals surface area (Å²) in [5, 5.41) is 5.40. The largest absolute Gasteiger partial charge is 0.366 e. The van der Waals surface area contributed by atoms with Gasteiger partial charge in [0.25, 0.3) is 5.91 Å². The van der Waals surface area contributed by atoms with Crippen molar-refractivity contribution in [1.82, 2.24) is 4.90 Å². The van der Waals surface area contributed by atoms with Crippen LogP contribution in [0.3, 0.4) is 0 Å². The molecule has 0 radical (unpaired) electrons. The molecule has 1 aromatic rings. The monoisotopic (exact) mass is 331 g/mol. The van der Waals surface area contributed by atoms with Crippen LogP contribution in [0.2, 0.25) is 0 Å². The van der Waals surface area contributed by atoms with E-state index in [9.17, 15) is 14.4 Å².